The maximum atomic E-state index is 13.2. The maximum Gasteiger partial charge on any atom is 0.123 e. The van der Waals surface area contributed by atoms with Crippen LogP contribution < -0.4 is 11.1 Å². The minimum absolute atomic E-state index is 0.127. The fraction of sp³-hybridized carbons (Fsp3) is 0.429. The number of fused-ring (bicyclic) bond motifs is 1. The minimum Gasteiger partial charge on any atom is -0.372 e. The van der Waals surface area contributed by atoms with Crippen molar-refractivity contribution in [2.24, 2.45) is 5.73 Å². The molecule has 3 N–H and O–H groups in total. The summed E-state index contributed by atoms with van der Waals surface area (Å²) in [5, 5.41) is 3.23. The Labute approximate surface area is 106 Å². The van der Waals surface area contributed by atoms with E-state index in [1.807, 2.05) is 12.3 Å². The lowest BCUT2D eigenvalue weighted by molar-refractivity contribution is 0.240. The van der Waals surface area contributed by atoms with Crippen molar-refractivity contribution < 1.29 is 4.39 Å². The topological polar surface area (TPSA) is 41.3 Å². The van der Waals surface area contributed by atoms with Crippen LogP contribution in [0.2, 0.25) is 0 Å². The Balaban J connectivity index is 1.79. The lowest BCUT2D eigenvalue weighted by atomic mass is 9.87. The van der Waals surface area contributed by atoms with Crippen molar-refractivity contribution in [2.75, 3.05) is 13.2 Å². The van der Waals surface area contributed by atoms with Crippen LogP contribution in [-0.4, -0.2) is 24.2 Å². The van der Waals surface area contributed by atoms with Crippen LogP contribution in [0.1, 0.15) is 17.5 Å². The molecule has 0 fully saturated rings. The van der Waals surface area contributed by atoms with E-state index >= 15 is 0 Å². The predicted octanol–water partition coefficient (Wildman–Crippen LogP) is 1.35. The number of rotatable bonds is 2. The number of aryl methyl sites for hydroxylation is 1. The van der Waals surface area contributed by atoms with E-state index in [1.54, 1.807) is 12.1 Å². The molecule has 1 atom stereocenters. The molecular weight excluding hydrogens is 229 g/mol. The van der Waals surface area contributed by atoms with Gasteiger partial charge >= 0.3 is 0 Å². The van der Waals surface area contributed by atoms with Gasteiger partial charge in [0.25, 0.3) is 0 Å². The Bertz CT molecular complexity index is 484. The van der Waals surface area contributed by atoms with Crippen molar-refractivity contribution in [3.05, 3.63) is 47.0 Å². The van der Waals surface area contributed by atoms with Gasteiger partial charge in [0.15, 0.2) is 0 Å². The monoisotopic (exact) mass is 247 g/mol. The second-order valence-corrected chi connectivity index (χ2v) is 4.98. The Morgan fingerprint density at radius 3 is 3.11 bits per heavy atom. The molecule has 1 aliphatic carbocycles. The van der Waals surface area contributed by atoms with Gasteiger partial charge in [-0.3, -0.25) is 0 Å². The molecule has 3 rings (SSSR count). The van der Waals surface area contributed by atoms with E-state index in [0.717, 1.165) is 31.5 Å². The van der Waals surface area contributed by atoms with E-state index in [-0.39, 0.29) is 5.82 Å². The third-order valence-corrected chi connectivity index (χ3v) is 3.92. The average molecular weight is 247 g/mol. The van der Waals surface area contributed by atoms with Gasteiger partial charge in [-0.25, -0.2) is 4.39 Å². The summed E-state index contributed by atoms with van der Waals surface area (Å²) in [4.78, 5) is 2.34. The highest BCUT2D eigenvalue weighted by Crippen LogP contribution is 2.27. The Hall–Kier alpha value is -1.55. The van der Waals surface area contributed by atoms with Crippen LogP contribution in [-0.2, 0) is 12.8 Å². The van der Waals surface area contributed by atoms with E-state index in [9.17, 15) is 4.39 Å². The van der Waals surface area contributed by atoms with Crippen molar-refractivity contribution in [3.8, 4) is 0 Å². The smallest absolute Gasteiger partial charge is 0.123 e. The molecule has 3 nitrogen and oxygen atoms in total. The lowest BCUT2D eigenvalue weighted by Crippen LogP contribution is -2.40. The van der Waals surface area contributed by atoms with Gasteiger partial charge in [0, 0.05) is 24.5 Å². The maximum absolute atomic E-state index is 13.2. The molecule has 1 aliphatic heterocycles. The molecule has 0 saturated heterocycles. The van der Waals surface area contributed by atoms with Gasteiger partial charge in [0.1, 0.15) is 5.82 Å². The molecular formula is C14H18FN3. The first kappa shape index (κ1) is 11.5. The summed E-state index contributed by atoms with van der Waals surface area (Å²) in [5.41, 5.74) is 9.36. The molecule has 0 bridgehead atoms. The first-order chi connectivity index (χ1) is 8.78. The summed E-state index contributed by atoms with van der Waals surface area (Å²) < 4.78 is 13.2. The fourth-order valence-corrected chi connectivity index (χ4v) is 2.96. The molecule has 4 heteroatoms. The van der Waals surface area contributed by atoms with E-state index in [4.69, 9.17) is 5.73 Å². The number of halogens is 1. The first-order valence-electron chi connectivity index (χ1n) is 6.44. The average Bonchev–Trinajstić information content (AvgIpc) is 2.86. The van der Waals surface area contributed by atoms with Crippen LogP contribution in [0, 0.1) is 5.82 Å². The van der Waals surface area contributed by atoms with Crippen LogP contribution in [0.5, 0.6) is 0 Å². The minimum atomic E-state index is -0.127. The third-order valence-electron chi connectivity index (χ3n) is 3.92. The van der Waals surface area contributed by atoms with Crippen molar-refractivity contribution in [1.82, 2.24) is 10.2 Å². The summed E-state index contributed by atoms with van der Waals surface area (Å²) in [6.07, 6.45) is 5.00. The molecule has 96 valence electrons. The number of nitrogens with one attached hydrogen (secondary N) is 1. The normalized spacial score (nSPS) is 22.4. The van der Waals surface area contributed by atoms with Gasteiger partial charge < -0.3 is 16.0 Å². The molecule has 1 aromatic carbocycles. The highest BCUT2D eigenvalue weighted by molar-refractivity contribution is 5.31. The third kappa shape index (κ3) is 1.97. The second kappa shape index (κ2) is 4.61. The quantitative estimate of drug-likeness (QED) is 0.829. The van der Waals surface area contributed by atoms with Crippen molar-refractivity contribution in [2.45, 2.75) is 25.3 Å². The second-order valence-electron chi connectivity index (χ2n) is 4.98. The zero-order valence-corrected chi connectivity index (χ0v) is 10.3. The molecule has 0 aromatic heterocycles. The molecule has 0 unspecified atom stereocenters. The van der Waals surface area contributed by atoms with Gasteiger partial charge in [0.2, 0.25) is 0 Å². The van der Waals surface area contributed by atoms with Crippen molar-refractivity contribution in [3.63, 3.8) is 0 Å². The Morgan fingerprint density at radius 2 is 2.28 bits per heavy atom. The standard InChI is InChI=1S/C14H18FN3/c15-12-3-1-11-6-13(4-2-10(11)5-12)18-9-17-8-14(18)7-16/h1,3,5,8,13,17H,2,4,6-7,9,16H2/t13-/m0/s1. The summed E-state index contributed by atoms with van der Waals surface area (Å²) in [6, 6.07) is 5.63. The molecule has 1 aromatic rings. The van der Waals surface area contributed by atoms with Crippen LogP contribution in [0.15, 0.2) is 30.1 Å². The first-order valence-corrected chi connectivity index (χ1v) is 6.44. The van der Waals surface area contributed by atoms with Gasteiger partial charge in [-0.1, -0.05) is 6.07 Å². The number of hydrogen-bond donors (Lipinski definition) is 2. The summed E-state index contributed by atoms with van der Waals surface area (Å²) in [6.45, 7) is 1.41. The summed E-state index contributed by atoms with van der Waals surface area (Å²) in [5.74, 6) is -0.127. The van der Waals surface area contributed by atoms with Gasteiger partial charge in [-0.2, -0.15) is 0 Å². The Morgan fingerprint density at radius 1 is 1.39 bits per heavy atom. The van der Waals surface area contributed by atoms with E-state index < -0.39 is 0 Å². The number of nitrogens with zero attached hydrogens (tertiary/aromatic N) is 1. The van der Waals surface area contributed by atoms with Crippen LogP contribution in [0.4, 0.5) is 4.39 Å². The molecule has 0 spiro atoms. The highest BCUT2D eigenvalue weighted by atomic mass is 19.1. The summed E-state index contributed by atoms with van der Waals surface area (Å²) in [7, 11) is 0. The molecule has 18 heavy (non-hydrogen) atoms. The zero-order valence-electron chi connectivity index (χ0n) is 10.3. The van der Waals surface area contributed by atoms with Crippen molar-refractivity contribution in [1.29, 1.82) is 0 Å². The van der Waals surface area contributed by atoms with E-state index in [1.165, 1.54) is 11.3 Å². The van der Waals surface area contributed by atoms with Gasteiger partial charge in [0.05, 0.1) is 6.67 Å². The highest BCUT2D eigenvalue weighted by Gasteiger charge is 2.27. The predicted molar refractivity (Wildman–Crippen MR) is 69.2 cm³/mol. The molecule has 1 heterocycles. The van der Waals surface area contributed by atoms with Gasteiger partial charge in [-0.05, 0) is 42.5 Å². The number of benzene rings is 1. The van der Waals surface area contributed by atoms with Gasteiger partial charge in [-0.15, -0.1) is 0 Å². The molecule has 2 aliphatic rings. The van der Waals surface area contributed by atoms with Crippen LogP contribution in [0.25, 0.3) is 0 Å². The summed E-state index contributed by atoms with van der Waals surface area (Å²) >= 11 is 0. The number of nitrogens with two attached hydrogens (primary N) is 1. The molecule has 0 saturated carbocycles. The SMILES string of the molecule is NCC1=CNCN1[C@H]1CCc2cc(F)ccc2C1. The van der Waals surface area contributed by atoms with Crippen LogP contribution in [0.3, 0.4) is 0 Å². The number of hydrogen-bond acceptors (Lipinski definition) is 3. The van der Waals surface area contributed by atoms with E-state index in [0.29, 0.717) is 12.6 Å². The van der Waals surface area contributed by atoms with Crippen molar-refractivity contribution >= 4 is 0 Å². The Kier molecular flexibility index (Phi) is 2.96. The van der Waals surface area contributed by atoms with E-state index in [2.05, 4.69) is 10.2 Å². The largest absolute Gasteiger partial charge is 0.372 e. The molecule has 0 amide bonds. The zero-order chi connectivity index (χ0) is 12.5. The lowest BCUT2D eigenvalue weighted by Gasteiger charge is -2.34. The fourth-order valence-electron chi connectivity index (χ4n) is 2.96. The van der Waals surface area contributed by atoms with Crippen LogP contribution >= 0.6 is 0 Å². The molecule has 0 radical (unpaired) electrons.